The Balaban J connectivity index is 1.67. The molecule has 0 spiro atoms. The van der Waals surface area contributed by atoms with Crippen LogP contribution >= 0.6 is 0 Å². The Labute approximate surface area is 170 Å². The van der Waals surface area contributed by atoms with Crippen LogP contribution in [0.3, 0.4) is 0 Å². The van der Waals surface area contributed by atoms with Gasteiger partial charge >= 0.3 is 6.18 Å². The second-order valence-corrected chi connectivity index (χ2v) is 8.93. The topological polar surface area (TPSA) is 54.7 Å². The van der Waals surface area contributed by atoms with E-state index in [1.165, 1.54) is 37.8 Å². The van der Waals surface area contributed by atoms with Crippen molar-refractivity contribution in [2.75, 3.05) is 0 Å². The van der Waals surface area contributed by atoms with Gasteiger partial charge in [-0.1, -0.05) is 50.7 Å². The van der Waals surface area contributed by atoms with E-state index in [4.69, 9.17) is 5.73 Å². The van der Waals surface area contributed by atoms with Crippen LogP contribution in [0.25, 0.3) is 11.3 Å². The van der Waals surface area contributed by atoms with Crippen molar-refractivity contribution in [1.29, 1.82) is 0 Å². The molecular formula is C23H30F3N3. The maximum absolute atomic E-state index is 13.1. The maximum Gasteiger partial charge on any atom is 0.416 e. The summed E-state index contributed by atoms with van der Waals surface area (Å²) in [5, 5.41) is 0. The smallest absolute Gasteiger partial charge is 0.342 e. The molecule has 0 bridgehead atoms. The first-order valence-corrected chi connectivity index (χ1v) is 10.9. The van der Waals surface area contributed by atoms with E-state index >= 15 is 0 Å². The fourth-order valence-electron chi connectivity index (χ4n) is 5.46. The Hall–Kier alpha value is -1.82. The highest BCUT2D eigenvalue weighted by atomic mass is 19.4. The number of nitrogens with two attached hydrogens (primary N) is 1. The third-order valence-corrected chi connectivity index (χ3v) is 6.92. The molecule has 3 nitrogen and oxygen atoms in total. The zero-order valence-corrected chi connectivity index (χ0v) is 16.8. The standard InChI is InChI=1S/C23H30F3N3/c24-23(25,26)18-11-7-10-17(14-18)19-15-28-21(29-19)20(16-8-3-1-4-9-16)22(27)12-5-2-6-13-22/h7,10-11,14-16,20H,1-6,8-9,12-13,27H2,(H,28,29)/t20-/m1/s1. The molecular weight excluding hydrogens is 375 g/mol. The number of rotatable bonds is 4. The van der Waals surface area contributed by atoms with Gasteiger partial charge < -0.3 is 10.7 Å². The van der Waals surface area contributed by atoms with E-state index in [2.05, 4.69) is 9.97 Å². The first kappa shape index (κ1) is 20.5. The number of imidazole rings is 1. The Morgan fingerprint density at radius 1 is 1.03 bits per heavy atom. The van der Waals surface area contributed by atoms with Crippen LogP contribution in [-0.2, 0) is 6.18 Å². The molecule has 29 heavy (non-hydrogen) atoms. The Bertz CT molecular complexity index is 815. The highest BCUT2D eigenvalue weighted by molar-refractivity contribution is 5.60. The SMILES string of the molecule is NC1([C@@H](c2ncc(-c3cccc(C(F)(F)F)c3)[nH]2)C2CCCCC2)CCCCC1. The Morgan fingerprint density at radius 3 is 2.41 bits per heavy atom. The number of halogens is 3. The van der Waals surface area contributed by atoms with Crippen LogP contribution in [-0.4, -0.2) is 15.5 Å². The first-order chi connectivity index (χ1) is 13.9. The van der Waals surface area contributed by atoms with Gasteiger partial charge in [-0.05, 0) is 43.7 Å². The molecule has 1 aromatic heterocycles. The molecule has 1 aromatic carbocycles. The molecule has 2 aliphatic carbocycles. The monoisotopic (exact) mass is 405 g/mol. The average molecular weight is 406 g/mol. The van der Waals surface area contributed by atoms with Crippen molar-refractivity contribution in [1.82, 2.24) is 9.97 Å². The van der Waals surface area contributed by atoms with Gasteiger partial charge in [0.05, 0.1) is 17.5 Å². The molecule has 2 aromatic rings. The van der Waals surface area contributed by atoms with Gasteiger partial charge in [0.15, 0.2) is 0 Å². The summed E-state index contributed by atoms with van der Waals surface area (Å²) in [4.78, 5) is 8.03. The largest absolute Gasteiger partial charge is 0.416 e. The van der Waals surface area contributed by atoms with Crippen molar-refractivity contribution in [3.05, 3.63) is 41.9 Å². The zero-order chi connectivity index (χ0) is 20.5. The minimum Gasteiger partial charge on any atom is -0.342 e. The number of hydrogen-bond acceptors (Lipinski definition) is 2. The lowest BCUT2D eigenvalue weighted by atomic mass is 9.65. The summed E-state index contributed by atoms with van der Waals surface area (Å²) in [5.41, 5.74) is 7.21. The molecule has 0 amide bonds. The van der Waals surface area contributed by atoms with Crippen molar-refractivity contribution in [3.63, 3.8) is 0 Å². The van der Waals surface area contributed by atoms with Crippen LogP contribution in [0, 0.1) is 5.92 Å². The van der Waals surface area contributed by atoms with Crippen molar-refractivity contribution < 1.29 is 13.2 Å². The summed E-state index contributed by atoms with van der Waals surface area (Å²) >= 11 is 0. The Kier molecular flexibility index (Phi) is 5.74. The van der Waals surface area contributed by atoms with Gasteiger partial charge in [-0.2, -0.15) is 13.2 Å². The molecule has 0 saturated heterocycles. The van der Waals surface area contributed by atoms with E-state index in [1.807, 2.05) is 0 Å². The van der Waals surface area contributed by atoms with Gasteiger partial charge in [0.25, 0.3) is 0 Å². The summed E-state index contributed by atoms with van der Waals surface area (Å²) in [7, 11) is 0. The lowest BCUT2D eigenvalue weighted by molar-refractivity contribution is -0.137. The molecule has 2 aliphatic rings. The molecule has 0 radical (unpaired) electrons. The minimum absolute atomic E-state index is 0.141. The van der Waals surface area contributed by atoms with E-state index in [0.29, 0.717) is 17.2 Å². The lowest BCUT2D eigenvalue weighted by Crippen LogP contribution is -2.50. The van der Waals surface area contributed by atoms with E-state index in [1.54, 1.807) is 12.3 Å². The fraction of sp³-hybridized carbons (Fsp3) is 0.609. The quantitative estimate of drug-likeness (QED) is 0.616. The number of H-pyrrole nitrogens is 1. The molecule has 1 heterocycles. The first-order valence-electron chi connectivity index (χ1n) is 10.9. The van der Waals surface area contributed by atoms with Crippen LogP contribution in [0.5, 0.6) is 0 Å². The molecule has 6 heteroatoms. The predicted octanol–water partition coefficient (Wildman–Crippen LogP) is 6.42. The lowest BCUT2D eigenvalue weighted by Gasteiger charge is -2.44. The summed E-state index contributed by atoms with van der Waals surface area (Å²) < 4.78 is 39.3. The summed E-state index contributed by atoms with van der Waals surface area (Å²) in [6.07, 6.45) is 8.84. The highest BCUT2D eigenvalue weighted by Gasteiger charge is 2.43. The van der Waals surface area contributed by atoms with Crippen LogP contribution in [0.15, 0.2) is 30.5 Å². The van der Waals surface area contributed by atoms with Crippen molar-refractivity contribution >= 4 is 0 Å². The Morgan fingerprint density at radius 2 is 1.72 bits per heavy atom. The van der Waals surface area contributed by atoms with E-state index in [9.17, 15) is 13.2 Å². The average Bonchev–Trinajstić information content (AvgIpc) is 3.18. The highest BCUT2D eigenvalue weighted by Crippen LogP contribution is 2.46. The van der Waals surface area contributed by atoms with Crippen LogP contribution in [0.2, 0.25) is 0 Å². The van der Waals surface area contributed by atoms with Gasteiger partial charge in [-0.3, -0.25) is 0 Å². The summed E-state index contributed by atoms with van der Waals surface area (Å²) in [6, 6.07) is 5.43. The summed E-state index contributed by atoms with van der Waals surface area (Å²) in [5.74, 6) is 1.49. The van der Waals surface area contributed by atoms with Gasteiger partial charge in [0.2, 0.25) is 0 Å². The third kappa shape index (κ3) is 4.37. The van der Waals surface area contributed by atoms with Crippen molar-refractivity contribution in [2.24, 2.45) is 11.7 Å². The third-order valence-electron chi connectivity index (χ3n) is 6.92. The number of aromatic nitrogens is 2. The van der Waals surface area contributed by atoms with E-state index in [0.717, 1.165) is 50.4 Å². The fourth-order valence-corrected chi connectivity index (χ4v) is 5.46. The minimum atomic E-state index is -4.35. The number of nitrogens with one attached hydrogen (secondary N) is 1. The molecule has 0 unspecified atom stereocenters. The number of benzene rings is 1. The molecule has 158 valence electrons. The van der Waals surface area contributed by atoms with E-state index in [-0.39, 0.29) is 11.5 Å². The van der Waals surface area contributed by atoms with Crippen LogP contribution < -0.4 is 5.73 Å². The normalized spacial score (nSPS) is 21.8. The number of nitrogens with zero attached hydrogens (tertiary/aromatic N) is 1. The predicted molar refractivity (Wildman–Crippen MR) is 108 cm³/mol. The molecule has 1 atom stereocenters. The van der Waals surface area contributed by atoms with Crippen molar-refractivity contribution in [2.45, 2.75) is 81.8 Å². The molecule has 3 N–H and O–H groups in total. The molecule has 2 saturated carbocycles. The van der Waals surface area contributed by atoms with Gasteiger partial charge in [-0.15, -0.1) is 0 Å². The van der Waals surface area contributed by atoms with Gasteiger partial charge in [0, 0.05) is 17.0 Å². The summed E-state index contributed by atoms with van der Waals surface area (Å²) in [6.45, 7) is 0. The zero-order valence-electron chi connectivity index (χ0n) is 16.8. The van der Waals surface area contributed by atoms with Crippen LogP contribution in [0.4, 0.5) is 13.2 Å². The number of hydrogen-bond donors (Lipinski definition) is 2. The maximum atomic E-state index is 13.1. The van der Waals surface area contributed by atoms with E-state index < -0.39 is 11.7 Å². The number of aromatic amines is 1. The van der Waals surface area contributed by atoms with Gasteiger partial charge in [0.1, 0.15) is 5.82 Å². The van der Waals surface area contributed by atoms with Crippen LogP contribution in [0.1, 0.15) is 81.5 Å². The molecule has 2 fully saturated rings. The molecule has 0 aliphatic heterocycles. The number of alkyl halides is 3. The van der Waals surface area contributed by atoms with Crippen molar-refractivity contribution in [3.8, 4) is 11.3 Å². The van der Waals surface area contributed by atoms with Gasteiger partial charge in [-0.25, -0.2) is 4.98 Å². The second kappa shape index (κ2) is 8.13. The molecule has 4 rings (SSSR count). The second-order valence-electron chi connectivity index (χ2n) is 8.93.